The van der Waals surface area contributed by atoms with E-state index in [0.717, 1.165) is 10.4 Å². The van der Waals surface area contributed by atoms with Crippen molar-refractivity contribution in [2.75, 3.05) is 42.9 Å². The largest absolute Gasteiger partial charge is 0.369 e. The van der Waals surface area contributed by atoms with E-state index >= 15 is 0 Å². The number of piperazine rings is 1. The van der Waals surface area contributed by atoms with Crippen molar-refractivity contribution in [3.05, 3.63) is 62.7 Å². The summed E-state index contributed by atoms with van der Waals surface area (Å²) in [6.45, 7) is 2.98. The minimum absolute atomic E-state index is 0.0402. The number of thiazole rings is 1. The Morgan fingerprint density at radius 2 is 1.65 bits per heavy atom. The van der Waals surface area contributed by atoms with Gasteiger partial charge in [0.15, 0.2) is 5.13 Å². The quantitative estimate of drug-likeness (QED) is 0.455. The number of nitrogens with one attached hydrogen (secondary N) is 1. The summed E-state index contributed by atoms with van der Waals surface area (Å²) >= 11 is 1.27. The second kappa shape index (κ2) is 8.62. The van der Waals surface area contributed by atoms with Gasteiger partial charge in [0.05, 0.1) is 26.6 Å². The molecule has 3 aromatic rings. The van der Waals surface area contributed by atoms with Crippen LogP contribution in [-0.4, -0.2) is 58.4 Å². The molecule has 1 N–H and O–H groups in total. The van der Waals surface area contributed by atoms with Crippen molar-refractivity contribution in [2.24, 2.45) is 0 Å². The molecule has 0 radical (unpaired) electrons. The number of hydrogen-bond acceptors (Lipinski definition) is 9. The van der Waals surface area contributed by atoms with Gasteiger partial charge in [-0.3, -0.25) is 29.9 Å². The smallest absolute Gasteiger partial charge is 0.271 e. The maximum absolute atomic E-state index is 12.4. The topological polar surface area (TPSA) is 135 Å². The number of rotatable bonds is 6. The molecule has 0 spiro atoms. The maximum atomic E-state index is 12.4. The van der Waals surface area contributed by atoms with Gasteiger partial charge >= 0.3 is 0 Å². The van der Waals surface area contributed by atoms with Gasteiger partial charge in [-0.15, -0.1) is 0 Å². The summed E-state index contributed by atoms with van der Waals surface area (Å²) in [5, 5.41) is 24.8. The SMILES string of the molecule is O=C(CN1CCN(c2ccc([N+](=O)[O-])cc2)CC1)Nc1nc2cc([N+](=O)[O-])ccc2s1. The molecule has 2 heterocycles. The Labute approximate surface area is 180 Å². The molecule has 1 aliphatic heterocycles. The average molecular weight is 442 g/mol. The molecule has 1 amide bonds. The number of benzene rings is 2. The molecule has 1 fully saturated rings. The van der Waals surface area contributed by atoms with Crippen molar-refractivity contribution in [1.29, 1.82) is 0 Å². The van der Waals surface area contributed by atoms with Crippen molar-refractivity contribution < 1.29 is 14.6 Å². The fourth-order valence-corrected chi connectivity index (χ4v) is 4.26. The summed E-state index contributed by atoms with van der Waals surface area (Å²) in [5.74, 6) is -0.197. The molecule has 12 heteroatoms. The lowest BCUT2D eigenvalue weighted by Gasteiger charge is -2.35. The Morgan fingerprint density at radius 1 is 1.00 bits per heavy atom. The number of fused-ring (bicyclic) bond motifs is 1. The third kappa shape index (κ3) is 4.75. The van der Waals surface area contributed by atoms with Gasteiger partial charge in [0.1, 0.15) is 0 Å². The van der Waals surface area contributed by atoms with E-state index in [0.29, 0.717) is 36.8 Å². The van der Waals surface area contributed by atoms with Crippen LogP contribution in [0.1, 0.15) is 0 Å². The molecule has 0 atom stereocenters. The summed E-state index contributed by atoms with van der Waals surface area (Å²) in [6.07, 6.45) is 0. The average Bonchev–Trinajstić information content (AvgIpc) is 3.15. The Bertz CT molecular complexity index is 1140. The number of aromatic nitrogens is 1. The van der Waals surface area contributed by atoms with Gasteiger partial charge in [-0.1, -0.05) is 11.3 Å². The van der Waals surface area contributed by atoms with Crippen LogP contribution in [0.3, 0.4) is 0 Å². The lowest BCUT2D eigenvalue weighted by molar-refractivity contribution is -0.385. The van der Waals surface area contributed by atoms with Crippen LogP contribution in [0.4, 0.5) is 22.2 Å². The Balaban J connectivity index is 1.30. The molecule has 2 aromatic carbocycles. The minimum Gasteiger partial charge on any atom is -0.369 e. The zero-order valence-electron chi connectivity index (χ0n) is 16.3. The van der Waals surface area contributed by atoms with Crippen LogP contribution >= 0.6 is 11.3 Å². The standard InChI is InChI=1S/C19H18N6O5S/c26-18(21-19-20-16-11-15(25(29)30)5-6-17(16)31-19)12-22-7-9-23(10-8-22)13-1-3-14(4-2-13)24(27)28/h1-6,11H,7-10,12H2,(H,20,21,26). The summed E-state index contributed by atoms with van der Waals surface area (Å²) in [7, 11) is 0. The first kappa shape index (κ1) is 20.6. The van der Waals surface area contributed by atoms with Crippen LogP contribution < -0.4 is 10.2 Å². The number of hydrogen-bond donors (Lipinski definition) is 1. The molecule has 1 aromatic heterocycles. The van der Waals surface area contributed by atoms with Crippen molar-refractivity contribution >= 4 is 49.7 Å². The van der Waals surface area contributed by atoms with Gasteiger partial charge in [-0.05, 0) is 18.2 Å². The molecule has 0 bridgehead atoms. The van der Waals surface area contributed by atoms with E-state index in [1.807, 2.05) is 4.90 Å². The van der Waals surface area contributed by atoms with E-state index < -0.39 is 9.85 Å². The third-order valence-electron chi connectivity index (χ3n) is 4.99. The van der Waals surface area contributed by atoms with Gasteiger partial charge in [-0.25, -0.2) is 4.98 Å². The van der Waals surface area contributed by atoms with Crippen LogP contribution in [0.25, 0.3) is 10.2 Å². The van der Waals surface area contributed by atoms with Gasteiger partial charge < -0.3 is 10.2 Å². The van der Waals surface area contributed by atoms with Crippen molar-refractivity contribution in [1.82, 2.24) is 9.88 Å². The van der Waals surface area contributed by atoms with Crippen molar-refractivity contribution in [2.45, 2.75) is 0 Å². The van der Waals surface area contributed by atoms with Gasteiger partial charge in [0, 0.05) is 56.1 Å². The molecule has 160 valence electrons. The summed E-state index contributed by atoms with van der Waals surface area (Å²) < 4.78 is 0.762. The highest BCUT2D eigenvalue weighted by atomic mass is 32.1. The van der Waals surface area contributed by atoms with Crippen LogP contribution in [0.5, 0.6) is 0 Å². The van der Waals surface area contributed by atoms with E-state index in [1.54, 1.807) is 18.2 Å². The second-order valence-electron chi connectivity index (χ2n) is 7.01. The molecule has 11 nitrogen and oxygen atoms in total. The van der Waals surface area contributed by atoms with Crippen LogP contribution in [0.15, 0.2) is 42.5 Å². The third-order valence-corrected chi connectivity index (χ3v) is 5.95. The van der Waals surface area contributed by atoms with E-state index in [1.165, 1.54) is 35.6 Å². The monoisotopic (exact) mass is 442 g/mol. The lowest BCUT2D eigenvalue weighted by Crippen LogP contribution is -2.48. The number of nitro groups is 2. The fraction of sp³-hybridized carbons (Fsp3) is 0.263. The van der Waals surface area contributed by atoms with Crippen LogP contribution in [-0.2, 0) is 4.79 Å². The Hall–Kier alpha value is -3.64. The highest BCUT2D eigenvalue weighted by molar-refractivity contribution is 7.22. The number of carbonyl (C=O) groups excluding carboxylic acids is 1. The first-order chi connectivity index (χ1) is 14.9. The zero-order valence-corrected chi connectivity index (χ0v) is 17.1. The van der Waals surface area contributed by atoms with Crippen molar-refractivity contribution in [3.63, 3.8) is 0 Å². The normalized spacial score (nSPS) is 14.5. The summed E-state index contributed by atoms with van der Waals surface area (Å²) in [5.41, 5.74) is 1.41. The lowest BCUT2D eigenvalue weighted by atomic mass is 10.2. The molecule has 1 saturated heterocycles. The van der Waals surface area contributed by atoms with E-state index in [9.17, 15) is 25.0 Å². The molecule has 0 saturated carbocycles. The Morgan fingerprint density at radius 3 is 2.29 bits per heavy atom. The molecule has 31 heavy (non-hydrogen) atoms. The highest BCUT2D eigenvalue weighted by Crippen LogP contribution is 2.29. The van der Waals surface area contributed by atoms with E-state index in [2.05, 4.69) is 15.2 Å². The van der Waals surface area contributed by atoms with E-state index in [4.69, 9.17) is 0 Å². The minimum atomic E-state index is -0.479. The van der Waals surface area contributed by atoms with Gasteiger partial charge in [-0.2, -0.15) is 0 Å². The number of nitrogens with zero attached hydrogens (tertiary/aromatic N) is 5. The Kier molecular flexibility index (Phi) is 5.73. The summed E-state index contributed by atoms with van der Waals surface area (Å²) in [4.78, 5) is 41.6. The maximum Gasteiger partial charge on any atom is 0.271 e. The number of anilines is 2. The molecule has 4 rings (SSSR count). The number of carbonyl (C=O) groups is 1. The molecular formula is C19H18N6O5S. The molecule has 0 aliphatic carbocycles. The second-order valence-corrected chi connectivity index (χ2v) is 8.04. The predicted octanol–water partition coefficient (Wildman–Crippen LogP) is 2.87. The number of nitro benzene ring substituents is 2. The summed E-state index contributed by atoms with van der Waals surface area (Å²) in [6, 6.07) is 10.9. The van der Waals surface area contributed by atoms with Gasteiger partial charge in [0.25, 0.3) is 11.4 Å². The first-order valence-electron chi connectivity index (χ1n) is 9.45. The first-order valence-corrected chi connectivity index (χ1v) is 10.3. The van der Waals surface area contributed by atoms with Gasteiger partial charge in [0.2, 0.25) is 5.91 Å². The fourth-order valence-electron chi connectivity index (χ4n) is 3.39. The zero-order chi connectivity index (χ0) is 22.0. The van der Waals surface area contributed by atoms with Crippen molar-refractivity contribution in [3.8, 4) is 0 Å². The molecular weight excluding hydrogens is 424 g/mol. The number of non-ortho nitro benzene ring substituents is 2. The van der Waals surface area contributed by atoms with Crippen LogP contribution in [0.2, 0.25) is 0 Å². The molecule has 1 aliphatic rings. The predicted molar refractivity (Wildman–Crippen MR) is 117 cm³/mol. The number of amides is 1. The highest BCUT2D eigenvalue weighted by Gasteiger charge is 2.20. The molecule has 0 unspecified atom stereocenters. The van der Waals surface area contributed by atoms with E-state index in [-0.39, 0.29) is 23.8 Å². The van der Waals surface area contributed by atoms with Crippen LogP contribution in [0, 0.1) is 20.2 Å².